The maximum absolute atomic E-state index is 12.0. The molecule has 0 bridgehead atoms. The SMILES string of the molecule is CCOC(=O)C=CC(Cc1ccc(Br)cc1)NC(=O)OC(C)(C)C. The van der Waals surface area contributed by atoms with Gasteiger partial charge in [0.15, 0.2) is 0 Å². The first-order valence-corrected chi connectivity index (χ1v) is 8.58. The van der Waals surface area contributed by atoms with Gasteiger partial charge in [-0.2, -0.15) is 0 Å². The van der Waals surface area contributed by atoms with Crippen LogP contribution in [0.5, 0.6) is 0 Å². The van der Waals surface area contributed by atoms with Crippen LogP contribution < -0.4 is 5.32 Å². The zero-order valence-electron chi connectivity index (χ0n) is 14.5. The lowest BCUT2D eigenvalue weighted by Gasteiger charge is -2.22. The monoisotopic (exact) mass is 397 g/mol. The number of nitrogens with one attached hydrogen (secondary N) is 1. The van der Waals surface area contributed by atoms with Gasteiger partial charge in [-0.25, -0.2) is 9.59 Å². The lowest BCUT2D eigenvalue weighted by Crippen LogP contribution is -2.39. The molecule has 0 fully saturated rings. The number of hydrogen-bond acceptors (Lipinski definition) is 4. The summed E-state index contributed by atoms with van der Waals surface area (Å²) in [6.07, 6.45) is 2.94. The summed E-state index contributed by atoms with van der Waals surface area (Å²) in [5.41, 5.74) is 0.435. The molecule has 0 radical (unpaired) electrons. The molecular weight excluding hydrogens is 374 g/mol. The smallest absolute Gasteiger partial charge is 0.408 e. The second-order valence-electron chi connectivity index (χ2n) is 6.19. The molecule has 1 unspecified atom stereocenters. The summed E-state index contributed by atoms with van der Waals surface area (Å²) in [7, 11) is 0. The van der Waals surface area contributed by atoms with Crippen molar-refractivity contribution in [1.29, 1.82) is 0 Å². The molecule has 132 valence electrons. The summed E-state index contributed by atoms with van der Waals surface area (Å²) in [5.74, 6) is -0.440. The Morgan fingerprint density at radius 3 is 2.42 bits per heavy atom. The van der Waals surface area contributed by atoms with E-state index in [1.54, 1.807) is 33.8 Å². The topological polar surface area (TPSA) is 64.6 Å². The van der Waals surface area contributed by atoms with E-state index in [2.05, 4.69) is 21.2 Å². The van der Waals surface area contributed by atoms with Crippen molar-refractivity contribution in [2.24, 2.45) is 0 Å². The van der Waals surface area contributed by atoms with Crippen molar-refractivity contribution >= 4 is 28.0 Å². The fourth-order valence-corrected chi connectivity index (χ4v) is 2.15. The van der Waals surface area contributed by atoms with Crippen LogP contribution in [0, 0.1) is 0 Å². The van der Waals surface area contributed by atoms with Crippen molar-refractivity contribution in [3.05, 3.63) is 46.5 Å². The van der Waals surface area contributed by atoms with Gasteiger partial charge in [-0.05, 0) is 51.8 Å². The number of alkyl carbamates (subject to hydrolysis) is 1. The number of rotatable bonds is 6. The zero-order chi connectivity index (χ0) is 18.2. The number of hydrogen-bond donors (Lipinski definition) is 1. The Bertz CT molecular complexity index is 576. The minimum atomic E-state index is -0.586. The molecule has 0 heterocycles. The zero-order valence-corrected chi connectivity index (χ0v) is 16.1. The fourth-order valence-electron chi connectivity index (χ4n) is 1.89. The normalized spacial score (nSPS) is 12.7. The molecule has 0 aromatic heterocycles. The molecule has 0 saturated heterocycles. The van der Waals surface area contributed by atoms with Crippen LogP contribution in [-0.2, 0) is 20.7 Å². The van der Waals surface area contributed by atoms with E-state index >= 15 is 0 Å². The third-order valence-electron chi connectivity index (χ3n) is 2.82. The fraction of sp³-hybridized carbons (Fsp3) is 0.444. The maximum atomic E-state index is 12.0. The number of carbonyl (C=O) groups is 2. The van der Waals surface area contributed by atoms with E-state index in [9.17, 15) is 9.59 Å². The van der Waals surface area contributed by atoms with Gasteiger partial charge in [0.2, 0.25) is 0 Å². The van der Waals surface area contributed by atoms with E-state index < -0.39 is 17.7 Å². The standard InChI is InChI=1S/C18H24BrNO4/c1-5-23-16(21)11-10-15(20-17(22)24-18(2,3)4)12-13-6-8-14(19)9-7-13/h6-11,15H,5,12H2,1-4H3,(H,20,22). The highest BCUT2D eigenvalue weighted by Crippen LogP contribution is 2.13. The molecule has 5 nitrogen and oxygen atoms in total. The Balaban J connectivity index is 2.80. The Morgan fingerprint density at radius 2 is 1.88 bits per heavy atom. The van der Waals surface area contributed by atoms with Crippen molar-refractivity contribution in [3.8, 4) is 0 Å². The maximum Gasteiger partial charge on any atom is 0.408 e. The van der Waals surface area contributed by atoms with E-state index in [0.717, 1.165) is 10.0 Å². The largest absolute Gasteiger partial charge is 0.463 e. The number of amides is 1. The van der Waals surface area contributed by atoms with Gasteiger partial charge in [0.25, 0.3) is 0 Å². The summed E-state index contributed by atoms with van der Waals surface area (Å²) in [6, 6.07) is 7.37. The van der Waals surface area contributed by atoms with Crippen molar-refractivity contribution < 1.29 is 19.1 Å². The van der Waals surface area contributed by atoms with Gasteiger partial charge in [0, 0.05) is 10.5 Å². The first kappa shape index (κ1) is 20.2. The first-order chi connectivity index (χ1) is 11.2. The summed E-state index contributed by atoms with van der Waals surface area (Å²) in [4.78, 5) is 23.5. The Labute approximate surface area is 151 Å². The minimum absolute atomic E-state index is 0.306. The van der Waals surface area contributed by atoms with Crippen LogP contribution in [0.25, 0.3) is 0 Å². The average Bonchev–Trinajstić information content (AvgIpc) is 2.45. The molecule has 0 spiro atoms. The first-order valence-electron chi connectivity index (χ1n) is 7.78. The number of carbonyl (C=O) groups excluding carboxylic acids is 2. The highest BCUT2D eigenvalue weighted by atomic mass is 79.9. The molecule has 0 aliphatic carbocycles. The molecule has 1 atom stereocenters. The molecule has 0 saturated carbocycles. The van der Waals surface area contributed by atoms with Crippen molar-refractivity contribution in [1.82, 2.24) is 5.32 Å². The molecular formula is C18H24BrNO4. The highest BCUT2D eigenvalue weighted by Gasteiger charge is 2.18. The summed E-state index contributed by atoms with van der Waals surface area (Å²) in [5, 5.41) is 2.77. The van der Waals surface area contributed by atoms with Crippen molar-refractivity contribution in [3.63, 3.8) is 0 Å². The van der Waals surface area contributed by atoms with E-state index in [0.29, 0.717) is 13.0 Å². The molecule has 1 N–H and O–H groups in total. The van der Waals surface area contributed by atoms with Crippen LogP contribution in [0.4, 0.5) is 4.79 Å². The van der Waals surface area contributed by atoms with E-state index in [4.69, 9.17) is 9.47 Å². The molecule has 6 heteroatoms. The molecule has 1 amide bonds. The van der Waals surface area contributed by atoms with E-state index in [-0.39, 0.29) is 6.04 Å². The van der Waals surface area contributed by atoms with Gasteiger partial charge in [-0.3, -0.25) is 0 Å². The quantitative estimate of drug-likeness (QED) is 0.581. The number of halogens is 1. The van der Waals surface area contributed by atoms with Crippen LogP contribution in [-0.4, -0.2) is 30.3 Å². The summed E-state index contributed by atoms with van der Waals surface area (Å²) < 4.78 is 11.1. The highest BCUT2D eigenvalue weighted by molar-refractivity contribution is 9.10. The predicted molar refractivity (Wildman–Crippen MR) is 96.8 cm³/mol. The molecule has 1 rings (SSSR count). The average molecular weight is 398 g/mol. The van der Waals surface area contributed by atoms with E-state index in [1.807, 2.05) is 24.3 Å². The number of esters is 1. The molecule has 1 aromatic rings. The summed E-state index contributed by atoms with van der Waals surface area (Å²) in [6.45, 7) is 7.43. The van der Waals surface area contributed by atoms with Gasteiger partial charge in [0.05, 0.1) is 12.6 Å². The van der Waals surface area contributed by atoms with Crippen LogP contribution in [0.3, 0.4) is 0 Å². The Morgan fingerprint density at radius 1 is 1.25 bits per heavy atom. The lowest BCUT2D eigenvalue weighted by molar-refractivity contribution is -0.137. The Kier molecular flexibility index (Phi) is 7.98. The van der Waals surface area contributed by atoms with Crippen LogP contribution in [0.15, 0.2) is 40.9 Å². The molecule has 0 aliphatic rings. The second kappa shape index (κ2) is 9.47. The van der Waals surface area contributed by atoms with Gasteiger partial charge in [0.1, 0.15) is 5.60 Å². The van der Waals surface area contributed by atoms with Gasteiger partial charge >= 0.3 is 12.1 Å². The van der Waals surface area contributed by atoms with Crippen molar-refractivity contribution in [2.45, 2.75) is 45.8 Å². The molecule has 1 aromatic carbocycles. The lowest BCUT2D eigenvalue weighted by atomic mass is 10.1. The molecule has 24 heavy (non-hydrogen) atoms. The predicted octanol–water partition coefficient (Wildman–Crippen LogP) is 4.00. The molecule has 0 aliphatic heterocycles. The van der Waals surface area contributed by atoms with Crippen molar-refractivity contribution in [2.75, 3.05) is 6.61 Å². The van der Waals surface area contributed by atoms with Crippen LogP contribution >= 0.6 is 15.9 Å². The second-order valence-corrected chi connectivity index (χ2v) is 7.11. The van der Waals surface area contributed by atoms with Crippen LogP contribution in [0.1, 0.15) is 33.3 Å². The number of benzene rings is 1. The Hall–Kier alpha value is -1.82. The van der Waals surface area contributed by atoms with Gasteiger partial charge in [-0.15, -0.1) is 0 Å². The number of ether oxygens (including phenoxy) is 2. The minimum Gasteiger partial charge on any atom is -0.463 e. The third-order valence-corrected chi connectivity index (χ3v) is 3.35. The van der Waals surface area contributed by atoms with Gasteiger partial charge < -0.3 is 14.8 Å². The third kappa shape index (κ3) is 8.72. The van der Waals surface area contributed by atoms with Gasteiger partial charge in [-0.1, -0.05) is 34.1 Å². The van der Waals surface area contributed by atoms with E-state index in [1.165, 1.54) is 6.08 Å². The van der Waals surface area contributed by atoms with Crippen LogP contribution in [0.2, 0.25) is 0 Å². The summed E-state index contributed by atoms with van der Waals surface area (Å²) >= 11 is 3.39.